The summed E-state index contributed by atoms with van der Waals surface area (Å²) < 4.78 is 0. The lowest BCUT2D eigenvalue weighted by molar-refractivity contribution is -0.174. The number of hydrogen-bond donors (Lipinski definition) is 2. The first-order chi connectivity index (χ1) is 20.9. The van der Waals surface area contributed by atoms with E-state index in [9.17, 15) is 14.4 Å². The van der Waals surface area contributed by atoms with Gasteiger partial charge in [0.1, 0.15) is 0 Å². The highest BCUT2D eigenvalue weighted by molar-refractivity contribution is 5.80. The number of nitrogens with zero attached hydrogens (tertiary/aromatic N) is 3. The molecule has 1 heterocycles. The van der Waals surface area contributed by atoms with Crippen LogP contribution in [0.25, 0.3) is 0 Å². The average molecular weight is 610 g/mol. The van der Waals surface area contributed by atoms with Crippen molar-refractivity contribution in [1.29, 1.82) is 0 Å². The van der Waals surface area contributed by atoms with Crippen molar-refractivity contribution in [2.45, 2.75) is 141 Å². The molecule has 0 radical (unpaired) electrons. The van der Waals surface area contributed by atoms with Crippen molar-refractivity contribution >= 4 is 18.3 Å². The van der Waals surface area contributed by atoms with E-state index in [4.69, 9.17) is 4.84 Å². The first-order valence-corrected chi connectivity index (χ1v) is 17.7. The van der Waals surface area contributed by atoms with Crippen molar-refractivity contribution in [2.24, 2.45) is 5.92 Å². The topological polar surface area (TPSA) is 94.2 Å². The number of hydrogen-bond acceptors (Lipinski definition) is 5. The minimum absolute atomic E-state index is 0.0121. The average Bonchev–Trinajstić information content (AvgIpc) is 3.01. The van der Waals surface area contributed by atoms with Crippen LogP contribution < -0.4 is 10.6 Å². The number of carbonyl (C=O) groups excluding carboxylic acids is 3. The van der Waals surface area contributed by atoms with E-state index in [1.165, 1.54) is 95.0 Å². The predicted octanol–water partition coefficient (Wildman–Crippen LogP) is 6.52. The fourth-order valence-electron chi connectivity index (χ4n) is 5.96. The molecule has 9 heteroatoms. The molecule has 4 amide bonds. The molecule has 0 saturated carbocycles. The van der Waals surface area contributed by atoms with Gasteiger partial charge in [0.25, 0.3) is 0 Å². The maximum Gasteiger partial charge on any atom is 0.317 e. The number of likely N-dealkylation sites (tertiary alicyclic amines) is 1. The first kappa shape index (κ1) is 39.2. The summed E-state index contributed by atoms with van der Waals surface area (Å²) in [6, 6.07) is -0.111. The molecule has 2 atom stereocenters. The number of nitrogens with one attached hydrogen (secondary N) is 2. The molecule has 1 rings (SSSR count). The summed E-state index contributed by atoms with van der Waals surface area (Å²) in [7, 11) is 5.65. The zero-order chi connectivity index (χ0) is 31.5. The van der Waals surface area contributed by atoms with Crippen LogP contribution >= 0.6 is 0 Å². The van der Waals surface area contributed by atoms with Gasteiger partial charge in [-0.15, -0.1) is 0 Å². The van der Waals surface area contributed by atoms with Crippen molar-refractivity contribution in [2.75, 3.05) is 53.9 Å². The van der Waals surface area contributed by atoms with E-state index in [2.05, 4.69) is 22.5 Å². The second kappa shape index (κ2) is 26.5. The van der Waals surface area contributed by atoms with Crippen molar-refractivity contribution in [3.05, 3.63) is 0 Å². The molecule has 1 saturated heterocycles. The van der Waals surface area contributed by atoms with Crippen LogP contribution in [-0.2, 0) is 14.4 Å². The monoisotopic (exact) mass is 610 g/mol. The quantitative estimate of drug-likeness (QED) is 0.0629. The maximum atomic E-state index is 13.2. The van der Waals surface area contributed by atoms with Crippen LogP contribution in [0.4, 0.5) is 4.79 Å². The van der Waals surface area contributed by atoms with Crippen molar-refractivity contribution in [1.82, 2.24) is 25.5 Å². The molecule has 0 aromatic heterocycles. The molecule has 0 bridgehead atoms. The zero-order valence-electron chi connectivity index (χ0n) is 28.4. The highest BCUT2D eigenvalue weighted by atomic mass is 16.7. The summed E-state index contributed by atoms with van der Waals surface area (Å²) in [4.78, 5) is 46.5. The lowest BCUT2D eigenvalue weighted by atomic mass is 9.91. The van der Waals surface area contributed by atoms with Gasteiger partial charge in [-0.2, -0.15) is 0 Å². The van der Waals surface area contributed by atoms with Crippen molar-refractivity contribution in [3.63, 3.8) is 0 Å². The van der Waals surface area contributed by atoms with Crippen LogP contribution in [0.3, 0.4) is 0 Å². The minimum Gasteiger partial charge on any atom is -0.359 e. The van der Waals surface area contributed by atoms with Gasteiger partial charge in [0.05, 0.1) is 12.5 Å². The van der Waals surface area contributed by atoms with E-state index >= 15 is 0 Å². The van der Waals surface area contributed by atoms with Gasteiger partial charge in [-0.05, 0) is 52.7 Å². The Morgan fingerprint density at radius 3 is 1.88 bits per heavy atom. The number of unbranched alkanes of at least 4 members (excludes halogenated alkanes) is 15. The van der Waals surface area contributed by atoms with Crippen molar-refractivity contribution in [3.8, 4) is 0 Å². The Morgan fingerprint density at radius 1 is 0.814 bits per heavy atom. The van der Waals surface area contributed by atoms with E-state index in [-0.39, 0.29) is 23.9 Å². The lowest BCUT2D eigenvalue weighted by Crippen LogP contribution is -2.53. The van der Waals surface area contributed by atoms with Crippen LogP contribution in [-0.4, -0.2) is 93.2 Å². The summed E-state index contributed by atoms with van der Waals surface area (Å²) in [6.07, 6.45) is 24.9. The predicted molar refractivity (Wildman–Crippen MR) is 177 cm³/mol. The Hall–Kier alpha value is -1.87. The smallest absolute Gasteiger partial charge is 0.317 e. The normalized spacial score (nSPS) is 16.8. The summed E-state index contributed by atoms with van der Waals surface area (Å²) >= 11 is 0. The number of carbonyl (C=O) groups is 3. The molecule has 1 aliphatic heterocycles. The number of amides is 4. The molecule has 2 unspecified atom stereocenters. The van der Waals surface area contributed by atoms with Gasteiger partial charge in [-0.25, -0.2) is 9.86 Å². The molecule has 0 spiro atoms. The fourth-order valence-corrected chi connectivity index (χ4v) is 5.96. The van der Waals surface area contributed by atoms with E-state index < -0.39 is 0 Å². The largest absolute Gasteiger partial charge is 0.359 e. The maximum absolute atomic E-state index is 13.2. The molecular formula is C34H67N5O4. The fraction of sp³-hybridized carbons (Fsp3) is 0.912. The summed E-state index contributed by atoms with van der Waals surface area (Å²) in [6.45, 7) is 5.12. The van der Waals surface area contributed by atoms with Gasteiger partial charge >= 0.3 is 6.03 Å². The first-order valence-electron chi connectivity index (χ1n) is 17.7. The van der Waals surface area contributed by atoms with Gasteiger partial charge in [-0.1, -0.05) is 103 Å². The number of rotatable bonds is 27. The van der Waals surface area contributed by atoms with E-state index in [0.29, 0.717) is 32.7 Å². The van der Waals surface area contributed by atoms with Crippen LogP contribution in [0.1, 0.15) is 135 Å². The molecule has 1 aliphatic rings. The molecule has 43 heavy (non-hydrogen) atoms. The van der Waals surface area contributed by atoms with E-state index in [1.54, 1.807) is 7.05 Å². The Kier molecular flexibility index (Phi) is 24.2. The second-order valence-corrected chi connectivity index (χ2v) is 12.8. The molecule has 9 nitrogen and oxygen atoms in total. The van der Waals surface area contributed by atoms with Crippen LogP contribution in [0, 0.1) is 5.92 Å². The van der Waals surface area contributed by atoms with Gasteiger partial charge in [-0.3, -0.25) is 14.4 Å². The zero-order valence-corrected chi connectivity index (χ0v) is 28.4. The van der Waals surface area contributed by atoms with Crippen molar-refractivity contribution < 1.29 is 19.2 Å². The SMILES string of the molecule is CCCCCCCCCCCCCCCCCCNC(=O)N1CC(C(=O)NC)CCC1CCON(C=O)CCCN(C)C. The summed E-state index contributed by atoms with van der Waals surface area (Å²) in [5, 5.41) is 7.18. The molecule has 0 aromatic rings. The van der Waals surface area contributed by atoms with E-state index in [1.807, 2.05) is 19.0 Å². The summed E-state index contributed by atoms with van der Waals surface area (Å²) in [5.74, 6) is -0.209. The Labute approximate surface area is 264 Å². The third kappa shape index (κ3) is 19.9. The highest BCUT2D eigenvalue weighted by Crippen LogP contribution is 2.25. The third-order valence-corrected chi connectivity index (χ3v) is 8.70. The number of urea groups is 1. The molecule has 2 N–H and O–H groups in total. The van der Waals surface area contributed by atoms with Crippen LogP contribution in [0.15, 0.2) is 0 Å². The Morgan fingerprint density at radius 2 is 1.37 bits per heavy atom. The highest BCUT2D eigenvalue weighted by Gasteiger charge is 2.34. The second-order valence-electron chi connectivity index (χ2n) is 12.8. The molecule has 0 aliphatic carbocycles. The number of hydroxylamine groups is 2. The standard InChI is InChI=1S/C34H67N5O4/c1-5-6-7-8-9-10-11-12-13-14-15-16-17-18-19-20-25-36-34(42)39-29-31(33(41)35-2)22-23-32(39)24-28-43-38(30-40)27-21-26-37(3)4/h30-32H,5-29H2,1-4H3,(H,35,41)(H,36,42). The molecule has 0 aromatic carbocycles. The van der Waals surface area contributed by atoms with E-state index in [0.717, 1.165) is 45.1 Å². The van der Waals surface area contributed by atoms with Crippen LogP contribution in [0.5, 0.6) is 0 Å². The van der Waals surface area contributed by atoms with Gasteiger partial charge in [0.2, 0.25) is 12.3 Å². The van der Waals surface area contributed by atoms with Gasteiger partial charge in [0.15, 0.2) is 0 Å². The Balaban J connectivity index is 2.23. The van der Waals surface area contributed by atoms with Gasteiger partial charge in [0, 0.05) is 32.7 Å². The lowest BCUT2D eigenvalue weighted by Gasteiger charge is -2.39. The minimum atomic E-state index is -0.194. The van der Waals surface area contributed by atoms with Gasteiger partial charge < -0.3 is 20.4 Å². The molecular weight excluding hydrogens is 542 g/mol. The Bertz CT molecular complexity index is 708. The molecule has 1 fully saturated rings. The molecule has 252 valence electrons. The number of piperidine rings is 1. The summed E-state index contributed by atoms with van der Waals surface area (Å²) in [5.41, 5.74) is 0. The third-order valence-electron chi connectivity index (χ3n) is 8.70. The van der Waals surface area contributed by atoms with Crippen LogP contribution in [0.2, 0.25) is 0 Å².